The maximum Gasteiger partial charge on any atom is 0.0716 e. The van der Waals surface area contributed by atoms with Crippen molar-refractivity contribution >= 4 is 0 Å². The lowest BCUT2D eigenvalue weighted by molar-refractivity contribution is 0.116. The number of aliphatic hydroxyl groups excluding tert-OH is 2. The third kappa shape index (κ3) is 11.6. The highest BCUT2D eigenvalue weighted by Crippen LogP contribution is 2.17. The molecule has 2 aromatic carbocycles. The lowest BCUT2D eigenvalue weighted by Gasteiger charge is -2.10. The van der Waals surface area contributed by atoms with Gasteiger partial charge in [-0.25, -0.2) is 0 Å². The molecular weight excluding hydrogens is 424 g/mol. The van der Waals surface area contributed by atoms with E-state index in [4.69, 9.17) is 9.47 Å². The van der Waals surface area contributed by atoms with Gasteiger partial charge in [0.05, 0.1) is 13.2 Å². The zero-order valence-corrected chi connectivity index (χ0v) is 21.4. The SMILES string of the molecule is CC(CO)c1ccc(COCCCCCCCCCCOCc2ccc(C(C)CO)cc2)cc1. The molecule has 0 aromatic heterocycles. The number of aliphatic hydroxyl groups is 2. The van der Waals surface area contributed by atoms with Crippen LogP contribution in [0.4, 0.5) is 0 Å². The largest absolute Gasteiger partial charge is 0.396 e. The Labute approximate surface area is 207 Å². The van der Waals surface area contributed by atoms with E-state index in [-0.39, 0.29) is 25.0 Å². The molecule has 190 valence electrons. The standard InChI is InChI=1S/C30H46O4/c1-25(21-31)29-15-11-27(12-16-29)23-33-19-9-7-5-3-4-6-8-10-20-34-24-28-13-17-30(18-14-28)26(2)22-32/h11-18,25-26,31-32H,3-10,19-24H2,1-2H3. The molecule has 0 aliphatic heterocycles. The Balaban J connectivity index is 1.36. The molecule has 34 heavy (non-hydrogen) atoms. The van der Waals surface area contributed by atoms with E-state index in [0.717, 1.165) is 26.1 Å². The number of rotatable bonds is 19. The minimum Gasteiger partial charge on any atom is -0.396 e. The van der Waals surface area contributed by atoms with Crippen LogP contribution in [-0.2, 0) is 22.7 Å². The van der Waals surface area contributed by atoms with E-state index >= 15 is 0 Å². The van der Waals surface area contributed by atoms with E-state index in [0.29, 0.717) is 13.2 Å². The van der Waals surface area contributed by atoms with Gasteiger partial charge < -0.3 is 19.7 Å². The normalized spacial score (nSPS) is 13.2. The molecule has 2 N–H and O–H groups in total. The molecule has 0 saturated carbocycles. The van der Waals surface area contributed by atoms with Crippen LogP contribution in [0.1, 0.15) is 99.3 Å². The van der Waals surface area contributed by atoms with Gasteiger partial charge in [-0.1, -0.05) is 101 Å². The molecule has 4 heteroatoms. The fourth-order valence-electron chi connectivity index (χ4n) is 3.94. The lowest BCUT2D eigenvalue weighted by atomic mass is 10.0. The molecule has 2 aromatic rings. The molecule has 0 aliphatic carbocycles. The molecule has 0 amide bonds. The van der Waals surface area contributed by atoms with Gasteiger partial charge in [0.15, 0.2) is 0 Å². The van der Waals surface area contributed by atoms with Crippen molar-refractivity contribution in [3.63, 3.8) is 0 Å². The molecule has 0 heterocycles. The first-order valence-corrected chi connectivity index (χ1v) is 13.2. The van der Waals surface area contributed by atoms with E-state index in [1.807, 2.05) is 13.8 Å². The summed E-state index contributed by atoms with van der Waals surface area (Å²) >= 11 is 0. The Kier molecular flexibility index (Phi) is 14.8. The number of benzene rings is 2. The number of ether oxygens (including phenoxy) is 2. The van der Waals surface area contributed by atoms with Crippen LogP contribution in [0.25, 0.3) is 0 Å². The quantitative estimate of drug-likeness (QED) is 0.223. The van der Waals surface area contributed by atoms with Gasteiger partial charge >= 0.3 is 0 Å². The third-order valence-corrected chi connectivity index (χ3v) is 6.51. The summed E-state index contributed by atoms with van der Waals surface area (Å²) in [6.45, 7) is 7.44. The van der Waals surface area contributed by atoms with Crippen molar-refractivity contribution < 1.29 is 19.7 Å². The van der Waals surface area contributed by atoms with E-state index in [1.54, 1.807) is 0 Å². The third-order valence-electron chi connectivity index (χ3n) is 6.51. The summed E-state index contributed by atoms with van der Waals surface area (Å²) < 4.78 is 11.6. The van der Waals surface area contributed by atoms with E-state index in [9.17, 15) is 10.2 Å². The monoisotopic (exact) mass is 470 g/mol. The van der Waals surface area contributed by atoms with Gasteiger partial charge in [-0.3, -0.25) is 0 Å². The summed E-state index contributed by atoms with van der Waals surface area (Å²) in [4.78, 5) is 0. The molecule has 0 radical (unpaired) electrons. The Morgan fingerprint density at radius 1 is 0.529 bits per heavy atom. The van der Waals surface area contributed by atoms with Crippen molar-refractivity contribution in [2.75, 3.05) is 26.4 Å². The minimum absolute atomic E-state index is 0.187. The Hall–Kier alpha value is -1.72. The molecule has 0 spiro atoms. The minimum atomic E-state index is 0.187. The number of unbranched alkanes of at least 4 members (excludes halogenated alkanes) is 7. The molecule has 2 atom stereocenters. The van der Waals surface area contributed by atoms with Gasteiger partial charge in [0, 0.05) is 38.3 Å². The average Bonchev–Trinajstić information content (AvgIpc) is 2.88. The van der Waals surface area contributed by atoms with Crippen LogP contribution in [0.5, 0.6) is 0 Å². The van der Waals surface area contributed by atoms with Crippen molar-refractivity contribution in [3.8, 4) is 0 Å². The van der Waals surface area contributed by atoms with E-state index in [1.165, 1.54) is 60.8 Å². The second-order valence-corrected chi connectivity index (χ2v) is 9.58. The van der Waals surface area contributed by atoms with Crippen LogP contribution in [0.3, 0.4) is 0 Å². The summed E-state index contributed by atoms with van der Waals surface area (Å²) in [5.41, 5.74) is 4.75. The molecule has 0 fully saturated rings. The first-order chi connectivity index (χ1) is 16.6. The first kappa shape index (κ1) is 28.5. The van der Waals surface area contributed by atoms with Gasteiger partial charge in [-0.05, 0) is 35.1 Å². The van der Waals surface area contributed by atoms with Crippen LogP contribution in [0, 0.1) is 0 Å². The zero-order valence-electron chi connectivity index (χ0n) is 21.4. The van der Waals surface area contributed by atoms with Gasteiger partial charge in [0.25, 0.3) is 0 Å². The molecule has 0 aliphatic rings. The van der Waals surface area contributed by atoms with Gasteiger partial charge in [-0.2, -0.15) is 0 Å². The van der Waals surface area contributed by atoms with Gasteiger partial charge in [-0.15, -0.1) is 0 Å². The zero-order chi connectivity index (χ0) is 24.4. The van der Waals surface area contributed by atoms with Crippen molar-refractivity contribution in [3.05, 3.63) is 70.8 Å². The first-order valence-electron chi connectivity index (χ1n) is 13.2. The Morgan fingerprint density at radius 2 is 0.853 bits per heavy atom. The predicted molar refractivity (Wildman–Crippen MR) is 140 cm³/mol. The summed E-state index contributed by atoms with van der Waals surface area (Å²) in [7, 11) is 0. The molecule has 0 bridgehead atoms. The maximum absolute atomic E-state index is 9.22. The van der Waals surface area contributed by atoms with Crippen LogP contribution in [0.2, 0.25) is 0 Å². The molecule has 0 saturated heterocycles. The number of hydrogen-bond donors (Lipinski definition) is 2. The van der Waals surface area contributed by atoms with Crippen molar-refractivity contribution in [1.29, 1.82) is 0 Å². The van der Waals surface area contributed by atoms with E-state index in [2.05, 4.69) is 48.5 Å². The fourth-order valence-corrected chi connectivity index (χ4v) is 3.94. The maximum atomic E-state index is 9.22. The average molecular weight is 471 g/mol. The smallest absolute Gasteiger partial charge is 0.0716 e. The van der Waals surface area contributed by atoms with Crippen LogP contribution < -0.4 is 0 Å². The second kappa shape index (κ2) is 17.7. The van der Waals surface area contributed by atoms with Crippen molar-refractivity contribution in [2.45, 2.75) is 90.3 Å². The second-order valence-electron chi connectivity index (χ2n) is 9.58. The van der Waals surface area contributed by atoms with Gasteiger partial charge in [0.2, 0.25) is 0 Å². The molecule has 2 rings (SSSR count). The number of hydrogen-bond acceptors (Lipinski definition) is 4. The van der Waals surface area contributed by atoms with Crippen molar-refractivity contribution in [2.24, 2.45) is 0 Å². The van der Waals surface area contributed by atoms with E-state index < -0.39 is 0 Å². The summed E-state index contributed by atoms with van der Waals surface area (Å²) in [6.07, 6.45) is 9.95. The summed E-state index contributed by atoms with van der Waals surface area (Å²) in [5, 5.41) is 18.4. The topological polar surface area (TPSA) is 58.9 Å². The Bertz CT molecular complexity index is 676. The van der Waals surface area contributed by atoms with Gasteiger partial charge in [0.1, 0.15) is 0 Å². The summed E-state index contributed by atoms with van der Waals surface area (Å²) in [6, 6.07) is 16.8. The van der Waals surface area contributed by atoms with Crippen molar-refractivity contribution in [1.82, 2.24) is 0 Å². The fraction of sp³-hybridized carbons (Fsp3) is 0.600. The highest BCUT2D eigenvalue weighted by molar-refractivity contribution is 5.25. The molecule has 4 nitrogen and oxygen atoms in total. The molecular formula is C30H46O4. The summed E-state index contributed by atoms with van der Waals surface area (Å²) in [5.74, 6) is 0.388. The lowest BCUT2D eigenvalue weighted by Crippen LogP contribution is -2.00. The predicted octanol–water partition coefficient (Wildman–Crippen LogP) is 6.73. The van der Waals surface area contributed by atoms with Crippen LogP contribution >= 0.6 is 0 Å². The Morgan fingerprint density at radius 3 is 1.18 bits per heavy atom. The highest BCUT2D eigenvalue weighted by atomic mass is 16.5. The highest BCUT2D eigenvalue weighted by Gasteiger charge is 2.04. The molecule has 2 unspecified atom stereocenters. The van der Waals surface area contributed by atoms with Crippen LogP contribution in [-0.4, -0.2) is 36.6 Å². The van der Waals surface area contributed by atoms with Crippen LogP contribution in [0.15, 0.2) is 48.5 Å².